The number of benzene rings is 1. The molecule has 26 heavy (non-hydrogen) atoms. The maximum absolute atomic E-state index is 12.5. The van der Waals surface area contributed by atoms with Gasteiger partial charge in [0.05, 0.1) is 13.7 Å². The number of amides is 4. The molecular weight excluding hydrogens is 338 g/mol. The van der Waals surface area contributed by atoms with Crippen molar-refractivity contribution in [2.24, 2.45) is 0 Å². The Kier molecular flexibility index (Phi) is 5.29. The third-order valence-electron chi connectivity index (χ3n) is 4.76. The van der Waals surface area contributed by atoms with Crippen LogP contribution in [0.2, 0.25) is 0 Å². The quantitative estimate of drug-likeness (QED) is 0.559. The molecule has 2 aliphatic rings. The molecule has 1 saturated carbocycles. The average Bonchev–Trinajstić information content (AvgIpc) is 3.20. The van der Waals surface area contributed by atoms with Crippen LogP contribution in [0.25, 0.3) is 0 Å². The number of nitrogens with zero attached hydrogens (tertiary/aromatic N) is 1. The Morgan fingerprint density at radius 2 is 1.92 bits per heavy atom. The van der Waals surface area contributed by atoms with E-state index in [1.165, 1.54) is 0 Å². The van der Waals surface area contributed by atoms with E-state index in [0.29, 0.717) is 24.3 Å². The number of methoxy groups -OCH3 is 1. The fraction of sp³-hybridized carbons (Fsp3) is 0.500. The molecule has 0 radical (unpaired) electrons. The molecule has 3 rings (SSSR count). The van der Waals surface area contributed by atoms with Crippen molar-refractivity contribution in [1.82, 2.24) is 15.5 Å². The zero-order chi connectivity index (χ0) is 18.6. The molecule has 1 aromatic carbocycles. The fourth-order valence-corrected chi connectivity index (χ4v) is 3.43. The summed E-state index contributed by atoms with van der Waals surface area (Å²) in [6.07, 6.45) is 3.10. The van der Waals surface area contributed by atoms with Crippen LogP contribution in [0.1, 0.15) is 25.7 Å². The van der Waals surface area contributed by atoms with Crippen molar-refractivity contribution < 1.29 is 23.9 Å². The summed E-state index contributed by atoms with van der Waals surface area (Å²) in [5.41, 5.74) is -0.787. The van der Waals surface area contributed by atoms with E-state index in [2.05, 4.69) is 10.6 Å². The molecular formula is C18H23N3O5. The SMILES string of the molecule is COc1ccccc1OCCNC(=O)CN1C(=O)NC2(CCCC2)C1=O. The maximum Gasteiger partial charge on any atom is 0.325 e. The predicted octanol–water partition coefficient (Wildman–Crippen LogP) is 1.05. The average molecular weight is 361 g/mol. The van der Waals surface area contributed by atoms with Crippen LogP contribution in [0.3, 0.4) is 0 Å². The molecule has 0 unspecified atom stereocenters. The molecule has 2 N–H and O–H groups in total. The van der Waals surface area contributed by atoms with Gasteiger partial charge in [-0.15, -0.1) is 0 Å². The fourth-order valence-electron chi connectivity index (χ4n) is 3.43. The van der Waals surface area contributed by atoms with Crippen molar-refractivity contribution in [3.05, 3.63) is 24.3 Å². The number of hydrogen-bond donors (Lipinski definition) is 2. The van der Waals surface area contributed by atoms with Gasteiger partial charge in [-0.1, -0.05) is 25.0 Å². The van der Waals surface area contributed by atoms with E-state index in [1.807, 2.05) is 12.1 Å². The molecule has 1 aromatic rings. The van der Waals surface area contributed by atoms with Crippen molar-refractivity contribution in [1.29, 1.82) is 0 Å². The molecule has 8 heteroatoms. The number of carbonyl (C=O) groups excluding carboxylic acids is 3. The highest BCUT2D eigenvalue weighted by Crippen LogP contribution is 2.34. The molecule has 4 amide bonds. The number of para-hydroxylation sites is 2. The normalized spacial score (nSPS) is 18.1. The summed E-state index contributed by atoms with van der Waals surface area (Å²) in [5, 5.41) is 5.41. The van der Waals surface area contributed by atoms with E-state index >= 15 is 0 Å². The van der Waals surface area contributed by atoms with Crippen LogP contribution < -0.4 is 20.1 Å². The molecule has 0 atom stereocenters. The molecule has 2 fully saturated rings. The highest BCUT2D eigenvalue weighted by molar-refractivity contribution is 6.09. The highest BCUT2D eigenvalue weighted by atomic mass is 16.5. The zero-order valence-corrected chi connectivity index (χ0v) is 14.7. The second-order valence-electron chi connectivity index (χ2n) is 6.46. The lowest BCUT2D eigenvalue weighted by Gasteiger charge is -2.19. The Morgan fingerprint density at radius 1 is 1.23 bits per heavy atom. The summed E-state index contributed by atoms with van der Waals surface area (Å²) in [5.74, 6) is 0.508. The smallest absolute Gasteiger partial charge is 0.325 e. The molecule has 1 saturated heterocycles. The molecule has 1 aliphatic heterocycles. The molecule has 1 aliphatic carbocycles. The highest BCUT2D eigenvalue weighted by Gasteiger charge is 2.52. The van der Waals surface area contributed by atoms with Crippen LogP contribution >= 0.6 is 0 Å². The van der Waals surface area contributed by atoms with Crippen LogP contribution in [0.5, 0.6) is 11.5 Å². The molecule has 8 nitrogen and oxygen atoms in total. The molecule has 1 spiro atoms. The number of rotatable bonds is 7. The number of nitrogens with one attached hydrogen (secondary N) is 2. The predicted molar refractivity (Wildman–Crippen MR) is 92.9 cm³/mol. The minimum atomic E-state index is -0.787. The van der Waals surface area contributed by atoms with E-state index < -0.39 is 17.5 Å². The van der Waals surface area contributed by atoms with Gasteiger partial charge in [0.15, 0.2) is 11.5 Å². The molecule has 0 bridgehead atoms. The Bertz CT molecular complexity index is 700. The summed E-state index contributed by atoms with van der Waals surface area (Å²) in [7, 11) is 1.55. The first kappa shape index (κ1) is 18.0. The summed E-state index contributed by atoms with van der Waals surface area (Å²) >= 11 is 0. The van der Waals surface area contributed by atoms with Gasteiger partial charge in [0.1, 0.15) is 18.7 Å². The van der Waals surface area contributed by atoms with E-state index in [-0.39, 0.29) is 25.6 Å². The minimum absolute atomic E-state index is 0.246. The Labute approximate surface area is 151 Å². The standard InChI is InChI=1S/C18H23N3O5/c1-25-13-6-2-3-7-14(13)26-11-10-19-15(22)12-21-16(23)18(20-17(21)24)8-4-5-9-18/h2-3,6-7H,4-5,8-12H2,1H3,(H,19,22)(H,20,24). The van der Waals surface area contributed by atoms with Crippen molar-refractivity contribution >= 4 is 17.8 Å². The van der Waals surface area contributed by atoms with Gasteiger partial charge in [0, 0.05) is 0 Å². The van der Waals surface area contributed by atoms with Crippen LogP contribution in [-0.2, 0) is 9.59 Å². The summed E-state index contributed by atoms with van der Waals surface area (Å²) in [6.45, 7) is 0.225. The van der Waals surface area contributed by atoms with Crippen molar-refractivity contribution in [2.45, 2.75) is 31.2 Å². The lowest BCUT2D eigenvalue weighted by atomic mass is 9.98. The lowest BCUT2D eigenvalue weighted by Crippen LogP contribution is -2.45. The van der Waals surface area contributed by atoms with Gasteiger partial charge in [-0.05, 0) is 25.0 Å². The number of ether oxygens (including phenoxy) is 2. The second kappa shape index (κ2) is 7.63. The van der Waals surface area contributed by atoms with Gasteiger partial charge in [-0.3, -0.25) is 14.5 Å². The number of urea groups is 1. The van der Waals surface area contributed by atoms with Gasteiger partial charge in [-0.2, -0.15) is 0 Å². The van der Waals surface area contributed by atoms with E-state index in [9.17, 15) is 14.4 Å². The van der Waals surface area contributed by atoms with Crippen LogP contribution in [0.4, 0.5) is 4.79 Å². The number of carbonyl (C=O) groups is 3. The third kappa shape index (κ3) is 3.58. The first-order valence-corrected chi connectivity index (χ1v) is 8.72. The molecule has 1 heterocycles. The van der Waals surface area contributed by atoms with Gasteiger partial charge >= 0.3 is 6.03 Å². The van der Waals surface area contributed by atoms with E-state index in [0.717, 1.165) is 17.7 Å². The first-order valence-electron chi connectivity index (χ1n) is 8.72. The van der Waals surface area contributed by atoms with Gasteiger partial charge in [0.2, 0.25) is 5.91 Å². The number of imide groups is 1. The zero-order valence-electron chi connectivity index (χ0n) is 14.7. The summed E-state index contributed by atoms with van der Waals surface area (Å²) in [4.78, 5) is 37.6. The minimum Gasteiger partial charge on any atom is -0.493 e. The van der Waals surface area contributed by atoms with Gasteiger partial charge in [0.25, 0.3) is 5.91 Å². The van der Waals surface area contributed by atoms with E-state index in [4.69, 9.17) is 9.47 Å². The van der Waals surface area contributed by atoms with Crippen molar-refractivity contribution in [3.8, 4) is 11.5 Å². The van der Waals surface area contributed by atoms with Gasteiger partial charge < -0.3 is 20.1 Å². The topological polar surface area (TPSA) is 97.0 Å². The first-order chi connectivity index (χ1) is 12.6. The third-order valence-corrected chi connectivity index (χ3v) is 4.76. The largest absolute Gasteiger partial charge is 0.493 e. The summed E-state index contributed by atoms with van der Waals surface area (Å²) in [6, 6.07) is 6.73. The van der Waals surface area contributed by atoms with Crippen molar-refractivity contribution in [2.75, 3.05) is 26.8 Å². The lowest BCUT2D eigenvalue weighted by molar-refractivity contribution is -0.134. The van der Waals surface area contributed by atoms with Crippen LogP contribution in [0.15, 0.2) is 24.3 Å². The Hall–Kier alpha value is -2.77. The maximum atomic E-state index is 12.5. The molecule has 140 valence electrons. The molecule has 0 aromatic heterocycles. The van der Waals surface area contributed by atoms with Crippen LogP contribution in [0, 0.1) is 0 Å². The second-order valence-corrected chi connectivity index (χ2v) is 6.46. The Morgan fingerprint density at radius 3 is 2.62 bits per heavy atom. The Balaban J connectivity index is 1.44. The van der Waals surface area contributed by atoms with Gasteiger partial charge in [-0.25, -0.2) is 4.79 Å². The van der Waals surface area contributed by atoms with Crippen LogP contribution in [-0.4, -0.2) is 55.1 Å². The monoisotopic (exact) mass is 361 g/mol. The van der Waals surface area contributed by atoms with Crippen molar-refractivity contribution in [3.63, 3.8) is 0 Å². The van der Waals surface area contributed by atoms with E-state index in [1.54, 1.807) is 19.2 Å². The number of hydrogen-bond acceptors (Lipinski definition) is 5. The summed E-state index contributed by atoms with van der Waals surface area (Å²) < 4.78 is 10.7.